The number of carbonyl (C=O) groups excluding carboxylic acids is 1. The summed E-state index contributed by atoms with van der Waals surface area (Å²) in [4.78, 5) is 16.9. The SMILES string of the molecule is COc1cccc(NC(=O)c2csc(-c3cccc(OC(C)C)c3)n2)c1. The highest BCUT2D eigenvalue weighted by Gasteiger charge is 2.13. The Kier molecular flexibility index (Phi) is 5.53. The third-order valence-electron chi connectivity index (χ3n) is 3.52. The van der Waals surface area contributed by atoms with E-state index in [1.807, 2.05) is 50.2 Å². The van der Waals surface area contributed by atoms with Crippen molar-refractivity contribution in [2.24, 2.45) is 0 Å². The van der Waals surface area contributed by atoms with Gasteiger partial charge in [0.25, 0.3) is 5.91 Å². The monoisotopic (exact) mass is 368 g/mol. The van der Waals surface area contributed by atoms with Crippen LogP contribution in [-0.2, 0) is 0 Å². The third kappa shape index (κ3) is 4.40. The van der Waals surface area contributed by atoms with Crippen molar-refractivity contribution in [3.8, 4) is 22.1 Å². The summed E-state index contributed by atoms with van der Waals surface area (Å²) < 4.78 is 10.9. The molecule has 1 aromatic heterocycles. The van der Waals surface area contributed by atoms with Crippen LogP contribution in [0.2, 0.25) is 0 Å². The van der Waals surface area contributed by atoms with Gasteiger partial charge in [0.15, 0.2) is 0 Å². The lowest BCUT2D eigenvalue weighted by atomic mass is 10.2. The Morgan fingerprint density at radius 3 is 2.65 bits per heavy atom. The Labute approximate surface area is 156 Å². The number of thiazole rings is 1. The Balaban J connectivity index is 1.75. The van der Waals surface area contributed by atoms with Crippen LogP contribution in [0.4, 0.5) is 5.69 Å². The van der Waals surface area contributed by atoms with E-state index in [2.05, 4.69) is 10.3 Å². The van der Waals surface area contributed by atoms with Crippen molar-refractivity contribution in [1.82, 2.24) is 4.98 Å². The summed E-state index contributed by atoms with van der Waals surface area (Å²) in [6.45, 7) is 3.97. The van der Waals surface area contributed by atoms with Crippen LogP contribution in [0.15, 0.2) is 53.9 Å². The second-order valence-electron chi connectivity index (χ2n) is 5.92. The zero-order valence-electron chi connectivity index (χ0n) is 14.9. The van der Waals surface area contributed by atoms with Gasteiger partial charge in [-0.2, -0.15) is 0 Å². The fourth-order valence-electron chi connectivity index (χ4n) is 2.38. The minimum absolute atomic E-state index is 0.103. The van der Waals surface area contributed by atoms with Crippen LogP contribution in [0.25, 0.3) is 10.6 Å². The number of hydrogen-bond acceptors (Lipinski definition) is 5. The smallest absolute Gasteiger partial charge is 0.275 e. The molecule has 26 heavy (non-hydrogen) atoms. The lowest BCUT2D eigenvalue weighted by Crippen LogP contribution is -2.12. The molecular weight excluding hydrogens is 348 g/mol. The van der Waals surface area contributed by atoms with E-state index in [0.717, 1.165) is 16.3 Å². The van der Waals surface area contributed by atoms with Crippen LogP contribution in [0.1, 0.15) is 24.3 Å². The maximum atomic E-state index is 12.4. The first-order valence-electron chi connectivity index (χ1n) is 8.23. The van der Waals surface area contributed by atoms with E-state index in [0.29, 0.717) is 17.1 Å². The second-order valence-corrected chi connectivity index (χ2v) is 6.78. The van der Waals surface area contributed by atoms with E-state index < -0.39 is 0 Å². The molecule has 3 aromatic rings. The van der Waals surface area contributed by atoms with Crippen LogP contribution in [0.5, 0.6) is 11.5 Å². The topological polar surface area (TPSA) is 60.5 Å². The molecule has 3 rings (SSSR count). The van der Waals surface area contributed by atoms with E-state index in [9.17, 15) is 4.79 Å². The first-order chi connectivity index (χ1) is 12.5. The van der Waals surface area contributed by atoms with Crippen molar-refractivity contribution in [3.05, 3.63) is 59.6 Å². The zero-order valence-corrected chi connectivity index (χ0v) is 15.7. The molecule has 0 atom stereocenters. The number of hydrogen-bond donors (Lipinski definition) is 1. The van der Waals surface area contributed by atoms with Gasteiger partial charge in [-0.1, -0.05) is 18.2 Å². The number of nitrogens with one attached hydrogen (secondary N) is 1. The quantitative estimate of drug-likeness (QED) is 0.675. The molecular formula is C20H20N2O3S. The van der Waals surface area contributed by atoms with Crippen LogP contribution >= 0.6 is 11.3 Å². The summed E-state index contributed by atoms with van der Waals surface area (Å²) in [5, 5.41) is 5.36. The molecule has 0 radical (unpaired) electrons. The standard InChI is InChI=1S/C20H20N2O3S/c1-13(2)25-17-9-4-6-14(10-17)20-22-18(12-26-20)19(23)21-15-7-5-8-16(11-15)24-3/h4-13H,1-3H3,(H,21,23). The number of nitrogens with zero attached hydrogens (tertiary/aromatic N) is 1. The van der Waals surface area contributed by atoms with Gasteiger partial charge in [0.05, 0.1) is 13.2 Å². The first kappa shape index (κ1) is 17.9. The van der Waals surface area contributed by atoms with E-state index in [4.69, 9.17) is 9.47 Å². The predicted octanol–water partition coefficient (Wildman–Crippen LogP) is 4.86. The van der Waals surface area contributed by atoms with Crippen molar-refractivity contribution in [3.63, 3.8) is 0 Å². The van der Waals surface area contributed by atoms with Gasteiger partial charge in [0.1, 0.15) is 22.2 Å². The lowest BCUT2D eigenvalue weighted by Gasteiger charge is -2.10. The molecule has 0 spiro atoms. The summed E-state index contributed by atoms with van der Waals surface area (Å²) >= 11 is 1.42. The third-order valence-corrected chi connectivity index (χ3v) is 4.41. The Morgan fingerprint density at radius 1 is 1.12 bits per heavy atom. The average molecular weight is 368 g/mol. The molecule has 1 N–H and O–H groups in total. The molecule has 0 fully saturated rings. The first-order valence-corrected chi connectivity index (χ1v) is 9.11. The molecule has 1 heterocycles. The van der Waals surface area contributed by atoms with E-state index >= 15 is 0 Å². The highest BCUT2D eigenvalue weighted by Crippen LogP contribution is 2.28. The van der Waals surface area contributed by atoms with E-state index in [1.165, 1.54) is 11.3 Å². The van der Waals surface area contributed by atoms with Crippen molar-refractivity contribution in [1.29, 1.82) is 0 Å². The van der Waals surface area contributed by atoms with Crippen molar-refractivity contribution < 1.29 is 14.3 Å². The molecule has 134 valence electrons. The van der Waals surface area contributed by atoms with Crippen molar-refractivity contribution in [2.75, 3.05) is 12.4 Å². The van der Waals surface area contributed by atoms with Gasteiger partial charge < -0.3 is 14.8 Å². The van der Waals surface area contributed by atoms with Crippen LogP contribution in [0, 0.1) is 0 Å². The van der Waals surface area contributed by atoms with Gasteiger partial charge in [-0.3, -0.25) is 4.79 Å². The molecule has 0 aliphatic carbocycles. The molecule has 0 unspecified atom stereocenters. The summed E-state index contributed by atoms with van der Waals surface area (Å²) in [6.07, 6.45) is 0.103. The maximum absolute atomic E-state index is 12.4. The highest BCUT2D eigenvalue weighted by atomic mass is 32.1. The summed E-state index contributed by atoms with van der Waals surface area (Å²) in [5.74, 6) is 1.22. The predicted molar refractivity (Wildman–Crippen MR) is 104 cm³/mol. The van der Waals surface area contributed by atoms with Gasteiger partial charge in [0, 0.05) is 22.7 Å². The van der Waals surface area contributed by atoms with E-state index in [1.54, 1.807) is 24.6 Å². The van der Waals surface area contributed by atoms with Gasteiger partial charge >= 0.3 is 0 Å². The fourth-order valence-corrected chi connectivity index (χ4v) is 3.18. The molecule has 0 saturated heterocycles. The number of ether oxygens (including phenoxy) is 2. The minimum atomic E-state index is -0.254. The Morgan fingerprint density at radius 2 is 1.88 bits per heavy atom. The van der Waals surface area contributed by atoms with Gasteiger partial charge in [-0.05, 0) is 38.1 Å². The van der Waals surface area contributed by atoms with Crippen molar-refractivity contribution in [2.45, 2.75) is 20.0 Å². The summed E-state index contributed by atoms with van der Waals surface area (Å²) in [7, 11) is 1.59. The molecule has 2 aromatic carbocycles. The summed E-state index contributed by atoms with van der Waals surface area (Å²) in [6, 6.07) is 14.9. The number of benzene rings is 2. The highest BCUT2D eigenvalue weighted by molar-refractivity contribution is 7.13. The van der Waals surface area contributed by atoms with Gasteiger partial charge in [0.2, 0.25) is 0 Å². The number of rotatable bonds is 6. The number of aromatic nitrogens is 1. The minimum Gasteiger partial charge on any atom is -0.497 e. The molecule has 0 bridgehead atoms. The average Bonchev–Trinajstić information content (AvgIpc) is 3.12. The largest absolute Gasteiger partial charge is 0.497 e. The second kappa shape index (κ2) is 8.01. The number of methoxy groups -OCH3 is 1. The van der Waals surface area contributed by atoms with Gasteiger partial charge in [-0.25, -0.2) is 4.98 Å². The normalized spacial score (nSPS) is 10.6. The molecule has 1 amide bonds. The summed E-state index contributed by atoms with van der Waals surface area (Å²) in [5.41, 5.74) is 1.97. The molecule has 5 nitrogen and oxygen atoms in total. The molecule has 0 aliphatic rings. The number of carbonyl (C=O) groups is 1. The van der Waals surface area contributed by atoms with Crippen LogP contribution < -0.4 is 14.8 Å². The Hall–Kier alpha value is -2.86. The van der Waals surface area contributed by atoms with Gasteiger partial charge in [-0.15, -0.1) is 11.3 Å². The number of anilines is 1. The fraction of sp³-hybridized carbons (Fsp3) is 0.200. The lowest BCUT2D eigenvalue weighted by molar-refractivity contribution is 0.102. The van der Waals surface area contributed by atoms with Crippen LogP contribution in [0.3, 0.4) is 0 Å². The number of amides is 1. The van der Waals surface area contributed by atoms with E-state index in [-0.39, 0.29) is 12.0 Å². The maximum Gasteiger partial charge on any atom is 0.275 e. The molecule has 0 saturated carbocycles. The van der Waals surface area contributed by atoms with Crippen molar-refractivity contribution >= 4 is 22.9 Å². The molecule has 6 heteroatoms. The van der Waals surface area contributed by atoms with Crippen LogP contribution in [-0.4, -0.2) is 24.1 Å². The molecule has 0 aliphatic heterocycles. The zero-order chi connectivity index (χ0) is 18.5. The Bertz CT molecular complexity index is 905.